The Morgan fingerprint density at radius 2 is 0.909 bits per heavy atom. The largest absolute Gasteiger partial charge is 0.412 e. The fraction of sp³-hybridized carbons (Fsp3) is 1.00. The van der Waals surface area contributed by atoms with Crippen molar-refractivity contribution in [1.29, 1.82) is 0 Å². The fourth-order valence-electron chi connectivity index (χ4n) is 1.34. The van der Waals surface area contributed by atoms with Gasteiger partial charge in [-0.2, -0.15) is 0 Å². The molecular weight excluding hydrogens is 137 g/mol. The Bertz CT molecular complexity index is 57.0. The van der Waals surface area contributed by atoms with E-state index in [-0.39, 0.29) is 13.9 Å². The van der Waals surface area contributed by atoms with Crippen molar-refractivity contribution in [3.63, 3.8) is 0 Å². The minimum absolute atomic E-state index is 0. The predicted octanol–water partition coefficient (Wildman–Crippen LogP) is -0.394. The fourth-order valence-corrected chi connectivity index (χ4v) is 1.34. The molecule has 0 bridgehead atoms. The summed E-state index contributed by atoms with van der Waals surface area (Å²) in [4.78, 5) is 0. The second-order valence-electron chi connectivity index (χ2n) is 2.61. The molecule has 0 radical (unpaired) electrons. The van der Waals surface area contributed by atoms with Crippen LogP contribution in [0.25, 0.3) is 0 Å². The monoisotopic (exact) mass is 163 g/mol. The van der Waals surface area contributed by atoms with Gasteiger partial charge in [-0.05, 0) is 27.7 Å². The van der Waals surface area contributed by atoms with Crippen LogP contribution in [0.1, 0.15) is 27.7 Å². The molecule has 0 atom stereocenters. The smallest absolute Gasteiger partial charge is 0.0757 e. The Kier molecular flexibility index (Phi) is 12.6. The third-order valence-corrected chi connectivity index (χ3v) is 2.68. The lowest BCUT2D eigenvalue weighted by atomic mass is 10.3. The highest BCUT2D eigenvalue weighted by atomic mass is 16.0. The molecule has 0 rings (SSSR count). The maximum absolute atomic E-state index is 2.27. The molecule has 0 aromatic heterocycles. The number of hydrogen-bond acceptors (Lipinski definition) is 0. The average Bonchev–Trinajstić information content (AvgIpc) is 1.95. The van der Waals surface area contributed by atoms with E-state index in [1.807, 2.05) is 0 Å². The minimum atomic E-state index is 0. The molecule has 0 unspecified atom stereocenters. The third kappa shape index (κ3) is 4.43. The first-order chi connectivity index (χ1) is 4.24. The first-order valence-corrected chi connectivity index (χ1v) is 4.09. The maximum Gasteiger partial charge on any atom is 0.0757 e. The summed E-state index contributed by atoms with van der Waals surface area (Å²) in [6, 6.07) is 0. The van der Waals surface area contributed by atoms with Crippen LogP contribution in [0.4, 0.5) is 0 Å². The zero-order chi connectivity index (χ0) is 7.33. The summed E-state index contributed by atoms with van der Waals surface area (Å²) in [7, 11) is 0. The second kappa shape index (κ2) is 8.09. The normalized spacial score (nSPS) is 9.82. The SMILES string of the molecule is CC[N+](CC)(CC)CC.O.[BH4-]. The first kappa shape index (κ1) is 17.2. The second-order valence-corrected chi connectivity index (χ2v) is 2.61. The minimum Gasteiger partial charge on any atom is -0.412 e. The van der Waals surface area contributed by atoms with Gasteiger partial charge in [-0.15, -0.1) is 0 Å². The average molecular weight is 163 g/mol. The Morgan fingerprint density at radius 3 is 0.909 bits per heavy atom. The van der Waals surface area contributed by atoms with Crippen molar-refractivity contribution in [3.8, 4) is 0 Å². The zero-order valence-electron chi connectivity index (χ0n) is 7.78. The predicted molar refractivity (Wildman–Crippen MR) is 57.4 cm³/mol. The van der Waals surface area contributed by atoms with E-state index in [9.17, 15) is 0 Å². The van der Waals surface area contributed by atoms with Gasteiger partial charge in [-0.1, -0.05) is 8.41 Å². The number of hydrogen-bond donors (Lipinski definition) is 0. The van der Waals surface area contributed by atoms with Crippen LogP contribution in [0.3, 0.4) is 0 Å². The molecule has 0 fully saturated rings. The first-order valence-electron chi connectivity index (χ1n) is 4.09. The summed E-state index contributed by atoms with van der Waals surface area (Å²) in [6.07, 6.45) is 0. The van der Waals surface area contributed by atoms with Gasteiger partial charge in [0.1, 0.15) is 0 Å². The molecular formula is C8H26BNO. The standard InChI is InChI=1S/C8H20N.BH4.H2O/c1-5-9(6-2,7-3)8-4;;/h5-8H2,1-4H3;1H4;1H2/q+1;-1;. The zero-order valence-corrected chi connectivity index (χ0v) is 7.78. The van der Waals surface area contributed by atoms with Gasteiger partial charge in [0.2, 0.25) is 0 Å². The van der Waals surface area contributed by atoms with Gasteiger partial charge in [0, 0.05) is 0 Å². The molecule has 0 saturated heterocycles. The van der Waals surface area contributed by atoms with Crippen LogP contribution in [-0.4, -0.2) is 44.6 Å². The van der Waals surface area contributed by atoms with Crippen LogP contribution in [0.15, 0.2) is 0 Å². The van der Waals surface area contributed by atoms with Crippen molar-refractivity contribution in [2.24, 2.45) is 0 Å². The molecule has 0 aliphatic carbocycles. The Labute approximate surface area is 73.1 Å². The van der Waals surface area contributed by atoms with Crippen LogP contribution >= 0.6 is 0 Å². The van der Waals surface area contributed by atoms with Crippen LogP contribution in [0.5, 0.6) is 0 Å². The summed E-state index contributed by atoms with van der Waals surface area (Å²) in [5, 5.41) is 0. The highest BCUT2D eigenvalue weighted by Gasteiger charge is 2.16. The van der Waals surface area contributed by atoms with E-state index < -0.39 is 0 Å². The van der Waals surface area contributed by atoms with E-state index in [1.54, 1.807) is 0 Å². The molecule has 0 aliphatic rings. The van der Waals surface area contributed by atoms with Crippen molar-refractivity contribution in [2.45, 2.75) is 27.7 Å². The van der Waals surface area contributed by atoms with Gasteiger partial charge < -0.3 is 9.96 Å². The van der Waals surface area contributed by atoms with Gasteiger partial charge in [0.15, 0.2) is 0 Å². The molecule has 2 nitrogen and oxygen atoms in total. The van der Waals surface area contributed by atoms with Crippen LogP contribution < -0.4 is 0 Å². The van der Waals surface area contributed by atoms with Crippen LogP contribution in [0, 0.1) is 0 Å². The molecule has 3 heteroatoms. The molecule has 0 saturated carbocycles. The van der Waals surface area contributed by atoms with E-state index in [4.69, 9.17) is 0 Å². The number of quaternary nitrogens is 1. The van der Waals surface area contributed by atoms with Crippen molar-refractivity contribution in [1.82, 2.24) is 0 Å². The van der Waals surface area contributed by atoms with E-state index >= 15 is 0 Å². The van der Waals surface area contributed by atoms with E-state index in [0.29, 0.717) is 0 Å². The van der Waals surface area contributed by atoms with E-state index in [0.717, 1.165) is 0 Å². The lowest BCUT2D eigenvalue weighted by Crippen LogP contribution is -2.47. The number of rotatable bonds is 4. The number of nitrogens with zero attached hydrogens (tertiary/aromatic N) is 1. The van der Waals surface area contributed by atoms with Crippen molar-refractivity contribution < 1.29 is 9.96 Å². The highest BCUT2D eigenvalue weighted by molar-refractivity contribution is 5.75. The summed E-state index contributed by atoms with van der Waals surface area (Å²) in [5.74, 6) is 0. The lowest BCUT2D eigenvalue weighted by Gasteiger charge is -2.34. The lowest BCUT2D eigenvalue weighted by molar-refractivity contribution is -0.921. The van der Waals surface area contributed by atoms with Gasteiger partial charge in [-0.25, -0.2) is 0 Å². The molecule has 72 valence electrons. The Balaban J connectivity index is -0.000000320. The van der Waals surface area contributed by atoms with Crippen LogP contribution in [-0.2, 0) is 0 Å². The van der Waals surface area contributed by atoms with Gasteiger partial charge in [0.05, 0.1) is 26.2 Å². The molecule has 0 aromatic carbocycles. The van der Waals surface area contributed by atoms with Gasteiger partial charge in [-0.3, -0.25) is 0 Å². The molecule has 0 aliphatic heterocycles. The Morgan fingerprint density at radius 1 is 0.727 bits per heavy atom. The summed E-state index contributed by atoms with van der Waals surface area (Å²) >= 11 is 0. The Hall–Kier alpha value is -0.0151. The molecule has 0 amide bonds. The van der Waals surface area contributed by atoms with Crippen molar-refractivity contribution in [2.75, 3.05) is 26.2 Å². The van der Waals surface area contributed by atoms with E-state index in [2.05, 4.69) is 27.7 Å². The van der Waals surface area contributed by atoms with Crippen molar-refractivity contribution >= 4 is 8.41 Å². The van der Waals surface area contributed by atoms with Gasteiger partial charge >= 0.3 is 0 Å². The van der Waals surface area contributed by atoms with E-state index in [1.165, 1.54) is 30.7 Å². The summed E-state index contributed by atoms with van der Waals surface area (Å²) in [6.45, 7) is 14.2. The summed E-state index contributed by atoms with van der Waals surface area (Å²) in [5.41, 5.74) is 0. The third-order valence-electron chi connectivity index (χ3n) is 2.68. The molecule has 0 aromatic rings. The highest BCUT2D eigenvalue weighted by Crippen LogP contribution is 2.03. The van der Waals surface area contributed by atoms with Crippen LogP contribution in [0.2, 0.25) is 0 Å². The maximum atomic E-state index is 2.27. The van der Waals surface area contributed by atoms with Gasteiger partial charge in [0.25, 0.3) is 0 Å². The van der Waals surface area contributed by atoms with Crippen molar-refractivity contribution in [3.05, 3.63) is 0 Å². The molecule has 2 N–H and O–H groups in total. The topological polar surface area (TPSA) is 31.5 Å². The quantitative estimate of drug-likeness (QED) is 0.399. The summed E-state index contributed by atoms with van der Waals surface area (Å²) < 4.78 is 1.28. The molecule has 0 heterocycles. The molecule has 0 spiro atoms. The molecule has 11 heavy (non-hydrogen) atoms.